The molecule has 0 bridgehead atoms. The summed E-state index contributed by atoms with van der Waals surface area (Å²) in [5.41, 5.74) is 3.07. The van der Waals surface area contributed by atoms with Gasteiger partial charge in [-0.2, -0.15) is 13.2 Å². The molecule has 2 unspecified atom stereocenters. The van der Waals surface area contributed by atoms with Crippen molar-refractivity contribution in [3.8, 4) is 10.4 Å². The number of sulfone groups is 1. The number of aromatic nitrogens is 1. The highest BCUT2D eigenvalue weighted by molar-refractivity contribution is 7.99. The minimum Gasteiger partial charge on any atom is -0.380 e. The average Bonchev–Trinajstić information content (AvgIpc) is 1.38. The monoisotopic (exact) mass is 1620 g/mol. The fourth-order valence-electron chi connectivity index (χ4n) is 15.8. The summed E-state index contributed by atoms with van der Waals surface area (Å²) in [5, 5.41) is 9.96. The molecule has 0 radical (unpaired) electrons. The van der Waals surface area contributed by atoms with Crippen molar-refractivity contribution in [1.82, 2.24) is 44.8 Å². The Morgan fingerprint density at radius 3 is 2.05 bits per heavy atom. The first-order valence-corrected chi connectivity index (χ1v) is 44.4. The third-order valence-corrected chi connectivity index (χ3v) is 27.5. The Morgan fingerprint density at radius 1 is 0.739 bits per heavy atom. The standard InChI is InChI=1S/C83H109ClF3N11O9S4/c1-59(61-21-23-63(24-22-61)76-60(2)88-58-109-76)89-79(101)73-19-16-39-98(73)80(102)77(81(3,4)5)91-75(99)20-14-9-7-8-10-15-38-93-41-43-96(44-42-93)57-82(6)37-35-71(62-25-29-66(84)30-26-62)65(54-82)55-95-45-47-97(48-46-95)68-31-27-64(28-32-68)78(100)92-111(105,106)70-33-34-72(74(53-70)110(103,104)83(85,86)87)90-67(36-40-94-49-51-107-52-50-94)56-108-69-17-12-11-13-18-69/h11-13,17-18,21-34,53,58-59,67,73,77,90H,7-10,14-16,19-20,35-52,54-57H2,1-6H3,(H,89,101)(H,91,99)(H,92,100)/t59-,67+,73-,77?,82?/m0/s1. The van der Waals surface area contributed by atoms with Crippen LogP contribution in [-0.2, 0) is 39.0 Å². The maximum absolute atomic E-state index is 14.4. The van der Waals surface area contributed by atoms with Crippen molar-refractivity contribution >= 4 is 95.1 Å². The Balaban J connectivity index is 0.603. The smallest absolute Gasteiger partial charge is 0.380 e. The zero-order chi connectivity index (χ0) is 79.1. The second-order valence-electron chi connectivity index (χ2n) is 31.8. The molecular formula is C83H109ClF3N11O9S4. The van der Waals surface area contributed by atoms with Crippen LogP contribution in [0.25, 0.3) is 16.0 Å². The van der Waals surface area contributed by atoms with E-state index in [2.05, 4.69) is 76.6 Å². The van der Waals surface area contributed by atoms with Crippen molar-refractivity contribution in [3.63, 3.8) is 0 Å². The topological polar surface area (TPSA) is 226 Å². The van der Waals surface area contributed by atoms with Crippen LogP contribution in [0.2, 0.25) is 5.02 Å². The van der Waals surface area contributed by atoms with Crippen molar-refractivity contribution < 1.29 is 53.9 Å². The van der Waals surface area contributed by atoms with Crippen LogP contribution >= 0.6 is 34.7 Å². The Morgan fingerprint density at radius 2 is 1.39 bits per heavy atom. The van der Waals surface area contributed by atoms with E-state index < -0.39 is 70.3 Å². The van der Waals surface area contributed by atoms with E-state index in [1.165, 1.54) is 40.6 Å². The molecule has 20 nitrogen and oxygen atoms in total. The molecule has 5 aliphatic rings. The van der Waals surface area contributed by atoms with Gasteiger partial charge in [0.05, 0.1) is 45.9 Å². The molecule has 5 aromatic carbocycles. The summed E-state index contributed by atoms with van der Waals surface area (Å²) in [5.74, 6) is -1.21. The zero-order valence-corrected chi connectivity index (χ0v) is 68.8. The third kappa shape index (κ3) is 23.2. The molecule has 602 valence electrons. The van der Waals surface area contributed by atoms with E-state index in [9.17, 15) is 49.2 Å². The normalized spacial score (nSPS) is 19.7. The molecule has 1 aliphatic carbocycles. The number of hydrogen-bond donors (Lipinski definition) is 4. The van der Waals surface area contributed by atoms with Gasteiger partial charge in [-0.05, 0) is 172 Å². The molecule has 1 aromatic heterocycles. The summed E-state index contributed by atoms with van der Waals surface area (Å²) < 4.78 is 105. The molecule has 111 heavy (non-hydrogen) atoms. The number of alkyl halides is 3. The number of sulfonamides is 1. The van der Waals surface area contributed by atoms with Gasteiger partial charge in [0.15, 0.2) is 0 Å². The van der Waals surface area contributed by atoms with Crippen molar-refractivity contribution in [3.05, 3.63) is 160 Å². The molecule has 5 heterocycles. The third-order valence-electron chi connectivity index (χ3n) is 22.3. The number of hydrogen-bond acceptors (Lipinski definition) is 18. The number of anilines is 2. The van der Waals surface area contributed by atoms with Gasteiger partial charge < -0.3 is 40.3 Å². The summed E-state index contributed by atoms with van der Waals surface area (Å²) in [6, 6.07) is 32.5. The number of halogens is 4. The fourth-order valence-corrected chi connectivity index (χ4v) is 19.8. The van der Waals surface area contributed by atoms with Crippen molar-refractivity contribution in [2.24, 2.45) is 10.8 Å². The molecule has 4 saturated heterocycles. The number of nitrogens with one attached hydrogen (secondary N) is 4. The lowest BCUT2D eigenvalue weighted by Gasteiger charge is -2.44. The summed E-state index contributed by atoms with van der Waals surface area (Å²) in [6.07, 6.45) is 11.2. The van der Waals surface area contributed by atoms with E-state index in [1.54, 1.807) is 28.4 Å². The second-order valence-corrected chi connectivity index (χ2v) is 37.8. The van der Waals surface area contributed by atoms with Crippen LogP contribution in [0.15, 0.2) is 147 Å². The number of benzene rings is 5. The van der Waals surface area contributed by atoms with E-state index in [1.807, 2.05) is 99.4 Å². The number of likely N-dealkylation sites (tertiary alicyclic amines) is 1. The molecule has 28 heteroatoms. The number of unbranched alkanes of at least 4 members (excludes halogenated alkanes) is 5. The summed E-state index contributed by atoms with van der Waals surface area (Å²) in [4.78, 5) is 73.2. The molecule has 0 saturated carbocycles. The number of carbonyl (C=O) groups excluding carboxylic acids is 4. The first-order valence-electron chi connectivity index (χ1n) is 39.2. The van der Waals surface area contributed by atoms with Crippen molar-refractivity contribution in [1.29, 1.82) is 0 Å². The van der Waals surface area contributed by atoms with E-state index in [0.717, 1.165) is 168 Å². The van der Waals surface area contributed by atoms with Crippen molar-refractivity contribution in [2.45, 2.75) is 169 Å². The molecule has 4 fully saturated rings. The number of thiazole rings is 1. The largest absolute Gasteiger partial charge is 0.501 e. The molecule has 5 atom stereocenters. The number of allylic oxidation sites excluding steroid dienone is 1. The highest BCUT2D eigenvalue weighted by Crippen LogP contribution is 2.45. The molecule has 4 amide bonds. The van der Waals surface area contributed by atoms with Crippen LogP contribution < -0.4 is 25.6 Å². The predicted molar refractivity (Wildman–Crippen MR) is 436 cm³/mol. The number of nitrogens with zero attached hydrogens (tertiary/aromatic N) is 7. The number of rotatable bonds is 33. The lowest BCUT2D eigenvalue weighted by Crippen LogP contribution is -2.57. The van der Waals surface area contributed by atoms with Gasteiger partial charge in [-0.15, -0.1) is 23.1 Å². The molecule has 4 N–H and O–H groups in total. The number of thioether (sulfide) groups is 1. The Kier molecular flexibility index (Phi) is 29.5. The van der Waals surface area contributed by atoms with E-state index in [-0.39, 0.29) is 34.7 Å². The van der Waals surface area contributed by atoms with Crippen LogP contribution in [-0.4, -0.2) is 211 Å². The maximum atomic E-state index is 14.4. The molecule has 11 rings (SSSR count). The lowest BCUT2D eigenvalue weighted by molar-refractivity contribution is -0.144. The van der Waals surface area contributed by atoms with E-state index >= 15 is 0 Å². The van der Waals surface area contributed by atoms with Crippen LogP contribution in [0, 0.1) is 17.8 Å². The van der Waals surface area contributed by atoms with Gasteiger partial charge in [0.2, 0.25) is 17.7 Å². The molecule has 0 spiro atoms. The van der Waals surface area contributed by atoms with E-state index in [4.69, 9.17) is 16.3 Å². The van der Waals surface area contributed by atoms with Crippen LogP contribution in [0.3, 0.4) is 0 Å². The second kappa shape index (κ2) is 38.5. The van der Waals surface area contributed by atoms with Gasteiger partial charge >= 0.3 is 5.51 Å². The fraction of sp³-hybridized carbons (Fsp3) is 0.530. The highest BCUT2D eigenvalue weighted by atomic mass is 35.5. The summed E-state index contributed by atoms with van der Waals surface area (Å²) >= 11 is 9.46. The van der Waals surface area contributed by atoms with Gasteiger partial charge in [-0.3, -0.25) is 29.0 Å². The number of carbonyl (C=O) groups is 4. The van der Waals surface area contributed by atoms with E-state index in [0.29, 0.717) is 88.6 Å². The maximum Gasteiger partial charge on any atom is 0.501 e. The lowest BCUT2D eigenvalue weighted by atomic mass is 9.71. The first-order chi connectivity index (χ1) is 53.0. The quantitative estimate of drug-likeness (QED) is 0.0222. The predicted octanol–water partition coefficient (Wildman–Crippen LogP) is 14.0. The van der Waals surface area contributed by atoms with Gasteiger partial charge in [0, 0.05) is 131 Å². The number of ether oxygens (including phenoxy) is 1. The van der Waals surface area contributed by atoms with Crippen molar-refractivity contribution in [2.75, 3.05) is 127 Å². The molecule has 6 aromatic rings. The van der Waals surface area contributed by atoms with Crippen LogP contribution in [0.1, 0.15) is 151 Å². The first kappa shape index (κ1) is 85.0. The van der Waals surface area contributed by atoms with Crippen LogP contribution in [0.4, 0.5) is 24.5 Å². The average molecular weight is 1630 g/mol. The Bertz CT molecular complexity index is 4380. The zero-order valence-electron chi connectivity index (χ0n) is 64.8. The SMILES string of the molecule is Cc1ncsc1-c1ccc([C@H](C)NC(=O)[C@@H]2CCCN2C(=O)C(NC(=O)CCCCCCCCN2CCN(CC3(C)CCC(c4ccc(Cl)cc4)=C(CN4CCN(c5ccc(C(=O)NS(=O)(=O)c6ccc(N[C@H](CCN7CCOCC7)CSc7ccccc7)c(S(=O)(=O)C(F)(F)F)c6)cc5)CC4)C3)CC2)C(C)(C)C)cc1. The van der Waals surface area contributed by atoms with Gasteiger partial charge in [0.25, 0.3) is 25.8 Å². The Labute approximate surface area is 667 Å². The Hall–Kier alpha value is -6.92. The molecule has 4 aliphatic heterocycles. The number of morpholine rings is 1. The van der Waals surface area contributed by atoms with Gasteiger partial charge in [-0.1, -0.05) is 125 Å². The molecular weight excluding hydrogens is 1520 g/mol. The van der Waals surface area contributed by atoms with Crippen LogP contribution in [0.5, 0.6) is 0 Å². The number of aryl methyl sites for hydroxylation is 1. The minimum absolute atomic E-state index is 0.0180. The minimum atomic E-state index is -6.10. The number of amides is 4. The van der Waals surface area contributed by atoms with Gasteiger partial charge in [-0.25, -0.2) is 26.5 Å². The van der Waals surface area contributed by atoms with Gasteiger partial charge in [0.1, 0.15) is 17.0 Å². The summed E-state index contributed by atoms with van der Waals surface area (Å²) in [7, 11) is -11.0. The number of piperazine rings is 2. The highest BCUT2D eigenvalue weighted by Gasteiger charge is 2.49. The summed E-state index contributed by atoms with van der Waals surface area (Å²) in [6.45, 7) is 25.7.